The number of halogens is 1. The predicted molar refractivity (Wildman–Crippen MR) is 152 cm³/mol. The van der Waals surface area contributed by atoms with Gasteiger partial charge in [0.05, 0.1) is 10.6 Å². The summed E-state index contributed by atoms with van der Waals surface area (Å²) >= 11 is 6.04. The van der Waals surface area contributed by atoms with Gasteiger partial charge in [-0.05, 0) is 76.1 Å². The molecule has 0 aliphatic rings. The molecule has 3 aromatic rings. The molecule has 0 spiro atoms. The molecular formula is C29H34ClN3O4S. The van der Waals surface area contributed by atoms with E-state index in [9.17, 15) is 18.0 Å². The van der Waals surface area contributed by atoms with Gasteiger partial charge in [0.25, 0.3) is 10.0 Å². The van der Waals surface area contributed by atoms with Gasteiger partial charge in [-0.2, -0.15) is 0 Å². The van der Waals surface area contributed by atoms with Crippen LogP contribution >= 0.6 is 11.6 Å². The van der Waals surface area contributed by atoms with Gasteiger partial charge in [-0.3, -0.25) is 13.9 Å². The third-order valence-corrected chi connectivity index (χ3v) is 7.91. The number of hydrogen-bond acceptors (Lipinski definition) is 4. The topological polar surface area (TPSA) is 86.8 Å². The first kappa shape index (κ1) is 29.2. The van der Waals surface area contributed by atoms with E-state index >= 15 is 0 Å². The zero-order chi connectivity index (χ0) is 27.9. The van der Waals surface area contributed by atoms with Crippen molar-refractivity contribution in [2.24, 2.45) is 0 Å². The molecule has 0 saturated carbocycles. The number of rotatable bonds is 10. The van der Waals surface area contributed by atoms with Crippen molar-refractivity contribution in [3.8, 4) is 0 Å². The number of carbonyl (C=O) groups excluding carboxylic acids is 2. The summed E-state index contributed by atoms with van der Waals surface area (Å²) in [4.78, 5) is 28.4. The van der Waals surface area contributed by atoms with E-state index < -0.39 is 34.1 Å². The van der Waals surface area contributed by atoms with Crippen molar-refractivity contribution in [1.29, 1.82) is 0 Å². The Kier molecular flexibility index (Phi) is 9.57. The van der Waals surface area contributed by atoms with Crippen LogP contribution in [0.15, 0.2) is 89.8 Å². The van der Waals surface area contributed by atoms with Gasteiger partial charge in [-0.25, -0.2) is 8.42 Å². The summed E-state index contributed by atoms with van der Waals surface area (Å²) in [5.41, 5.74) is 0.799. The lowest BCUT2D eigenvalue weighted by Gasteiger charge is -2.33. The highest BCUT2D eigenvalue weighted by Gasteiger charge is 2.33. The van der Waals surface area contributed by atoms with Crippen LogP contribution in [0.4, 0.5) is 5.69 Å². The van der Waals surface area contributed by atoms with Crippen LogP contribution in [0.25, 0.3) is 0 Å². The number of hydrogen-bond donors (Lipinski definition) is 1. The largest absolute Gasteiger partial charge is 0.350 e. The van der Waals surface area contributed by atoms with Gasteiger partial charge in [0, 0.05) is 17.1 Å². The Bertz CT molecular complexity index is 1330. The lowest BCUT2D eigenvalue weighted by Crippen LogP contribution is -2.55. The number of amides is 2. The molecular weight excluding hydrogens is 522 g/mol. The summed E-state index contributed by atoms with van der Waals surface area (Å²) in [5, 5.41) is 3.36. The van der Waals surface area contributed by atoms with E-state index in [-0.39, 0.29) is 17.3 Å². The molecule has 0 aromatic heterocycles. The minimum Gasteiger partial charge on any atom is -0.350 e. The summed E-state index contributed by atoms with van der Waals surface area (Å²) in [6, 6.07) is 23.0. The van der Waals surface area contributed by atoms with E-state index in [2.05, 4.69) is 5.32 Å². The van der Waals surface area contributed by atoms with Crippen molar-refractivity contribution in [1.82, 2.24) is 10.2 Å². The average molecular weight is 556 g/mol. The molecule has 0 bridgehead atoms. The Hall–Kier alpha value is -3.36. The van der Waals surface area contributed by atoms with Gasteiger partial charge in [0.1, 0.15) is 12.6 Å². The normalized spacial score (nSPS) is 12.4. The summed E-state index contributed by atoms with van der Waals surface area (Å²) in [5.74, 6) is -0.810. The van der Waals surface area contributed by atoms with Crippen molar-refractivity contribution in [3.05, 3.63) is 95.5 Å². The molecule has 202 valence electrons. The van der Waals surface area contributed by atoms with E-state index in [1.54, 1.807) is 49.4 Å². The summed E-state index contributed by atoms with van der Waals surface area (Å²) < 4.78 is 28.4. The number of nitrogens with zero attached hydrogens (tertiary/aromatic N) is 2. The summed E-state index contributed by atoms with van der Waals surface area (Å²) in [7, 11) is -4.10. The second kappa shape index (κ2) is 12.5. The standard InChI is InChI=1S/C29H34ClN3O4S/c1-22(28(35)31-29(2,3)4)32(20-19-23-11-7-5-8-12-23)27(34)21-33(25-17-15-24(30)16-18-25)38(36,37)26-13-9-6-10-14-26/h5-18,22H,19-21H2,1-4H3,(H,31,35). The van der Waals surface area contributed by atoms with E-state index in [4.69, 9.17) is 11.6 Å². The quantitative estimate of drug-likeness (QED) is 0.385. The maximum absolute atomic E-state index is 13.8. The number of nitrogens with one attached hydrogen (secondary N) is 1. The lowest BCUT2D eigenvalue weighted by atomic mass is 10.1. The fourth-order valence-corrected chi connectivity index (χ4v) is 5.46. The second-order valence-corrected chi connectivity index (χ2v) is 12.3. The van der Waals surface area contributed by atoms with Gasteiger partial charge in [-0.1, -0.05) is 60.1 Å². The minimum atomic E-state index is -4.10. The molecule has 0 aliphatic heterocycles. The van der Waals surface area contributed by atoms with Crippen molar-refractivity contribution in [2.75, 3.05) is 17.4 Å². The molecule has 3 aromatic carbocycles. The first-order valence-electron chi connectivity index (χ1n) is 12.4. The SMILES string of the molecule is CC(C(=O)NC(C)(C)C)N(CCc1ccccc1)C(=O)CN(c1ccc(Cl)cc1)S(=O)(=O)c1ccccc1. The fraction of sp³-hybridized carbons (Fsp3) is 0.310. The molecule has 38 heavy (non-hydrogen) atoms. The van der Waals surface area contributed by atoms with E-state index in [1.807, 2.05) is 51.1 Å². The molecule has 0 heterocycles. The second-order valence-electron chi connectivity index (χ2n) is 10.0. The van der Waals surface area contributed by atoms with Crippen LogP contribution in [-0.4, -0.2) is 49.8 Å². The van der Waals surface area contributed by atoms with Gasteiger partial charge in [0.15, 0.2) is 0 Å². The zero-order valence-corrected chi connectivity index (χ0v) is 23.7. The maximum atomic E-state index is 13.8. The molecule has 7 nitrogen and oxygen atoms in total. The predicted octanol–water partition coefficient (Wildman–Crippen LogP) is 4.91. The molecule has 0 radical (unpaired) electrons. The van der Waals surface area contributed by atoms with E-state index in [1.165, 1.54) is 17.0 Å². The van der Waals surface area contributed by atoms with Crippen LogP contribution in [-0.2, 0) is 26.0 Å². The smallest absolute Gasteiger partial charge is 0.264 e. The van der Waals surface area contributed by atoms with E-state index in [0.717, 1.165) is 9.87 Å². The van der Waals surface area contributed by atoms with Gasteiger partial charge in [0.2, 0.25) is 11.8 Å². The van der Waals surface area contributed by atoms with Gasteiger partial charge >= 0.3 is 0 Å². The Morgan fingerprint density at radius 2 is 1.45 bits per heavy atom. The fourth-order valence-electron chi connectivity index (χ4n) is 3.90. The molecule has 1 N–H and O–H groups in total. The average Bonchev–Trinajstić information content (AvgIpc) is 2.88. The first-order chi connectivity index (χ1) is 17.9. The third kappa shape index (κ3) is 7.82. The zero-order valence-electron chi connectivity index (χ0n) is 22.1. The van der Waals surface area contributed by atoms with Gasteiger partial charge < -0.3 is 10.2 Å². The van der Waals surface area contributed by atoms with Crippen molar-refractivity contribution in [3.63, 3.8) is 0 Å². The molecule has 0 aliphatic carbocycles. The first-order valence-corrected chi connectivity index (χ1v) is 14.2. The van der Waals surface area contributed by atoms with Crippen LogP contribution in [0.3, 0.4) is 0 Å². The molecule has 0 fully saturated rings. The third-order valence-electron chi connectivity index (χ3n) is 5.87. The van der Waals surface area contributed by atoms with Crippen LogP contribution in [0.2, 0.25) is 5.02 Å². The van der Waals surface area contributed by atoms with Crippen molar-refractivity contribution >= 4 is 39.1 Å². The minimum absolute atomic E-state index is 0.0529. The molecule has 0 saturated heterocycles. The van der Waals surface area contributed by atoms with Crippen LogP contribution in [0.1, 0.15) is 33.3 Å². The van der Waals surface area contributed by atoms with Crippen molar-refractivity contribution in [2.45, 2.75) is 50.6 Å². The van der Waals surface area contributed by atoms with Crippen LogP contribution in [0.5, 0.6) is 0 Å². The highest BCUT2D eigenvalue weighted by Crippen LogP contribution is 2.25. The Balaban J connectivity index is 1.96. The maximum Gasteiger partial charge on any atom is 0.264 e. The molecule has 3 rings (SSSR count). The lowest BCUT2D eigenvalue weighted by molar-refractivity contribution is -0.139. The Morgan fingerprint density at radius 3 is 2.00 bits per heavy atom. The summed E-state index contributed by atoms with van der Waals surface area (Å²) in [6.45, 7) is 7.00. The van der Waals surface area contributed by atoms with Crippen molar-refractivity contribution < 1.29 is 18.0 Å². The summed E-state index contributed by atoms with van der Waals surface area (Å²) in [6.07, 6.45) is 0.506. The molecule has 2 amide bonds. The highest BCUT2D eigenvalue weighted by atomic mass is 35.5. The number of sulfonamides is 1. The highest BCUT2D eigenvalue weighted by molar-refractivity contribution is 7.92. The Morgan fingerprint density at radius 1 is 0.895 bits per heavy atom. The number of anilines is 1. The Labute approximate surface area is 230 Å². The molecule has 1 atom stereocenters. The number of benzene rings is 3. The van der Waals surface area contributed by atoms with Crippen LogP contribution in [0, 0.1) is 0 Å². The monoisotopic (exact) mass is 555 g/mol. The molecule has 9 heteroatoms. The van der Waals surface area contributed by atoms with Gasteiger partial charge in [-0.15, -0.1) is 0 Å². The molecule has 1 unspecified atom stereocenters. The number of carbonyl (C=O) groups is 2. The van der Waals surface area contributed by atoms with Crippen LogP contribution < -0.4 is 9.62 Å². The van der Waals surface area contributed by atoms with E-state index in [0.29, 0.717) is 17.1 Å².